The van der Waals surface area contributed by atoms with Crippen molar-refractivity contribution in [1.29, 1.82) is 5.41 Å². The maximum Gasteiger partial charge on any atom is 0.234 e. The average molecular weight is 408 g/mol. The highest BCUT2D eigenvalue weighted by Crippen LogP contribution is 2.25. The molecular formula is C18H23Cl2N7. The van der Waals surface area contributed by atoms with Crippen molar-refractivity contribution < 1.29 is 0 Å². The van der Waals surface area contributed by atoms with Crippen LogP contribution in [-0.4, -0.2) is 53.6 Å². The molecule has 7 nitrogen and oxygen atoms in total. The molecule has 1 aromatic carbocycles. The van der Waals surface area contributed by atoms with E-state index < -0.39 is 0 Å². The van der Waals surface area contributed by atoms with Crippen LogP contribution >= 0.6 is 23.2 Å². The quantitative estimate of drug-likeness (QED) is 0.517. The first kappa shape index (κ1) is 19.7. The van der Waals surface area contributed by atoms with Crippen molar-refractivity contribution in [3.05, 3.63) is 40.0 Å². The second-order valence-electron chi connectivity index (χ2n) is 6.55. The Morgan fingerprint density at radius 2 is 2.00 bits per heavy atom. The second-order valence-corrected chi connectivity index (χ2v) is 7.36. The smallest absolute Gasteiger partial charge is 0.234 e. The summed E-state index contributed by atoms with van der Waals surface area (Å²) in [6.07, 6.45) is 0. The maximum atomic E-state index is 8.31. The Labute approximate surface area is 169 Å². The molecule has 0 unspecified atom stereocenters. The summed E-state index contributed by atoms with van der Waals surface area (Å²) >= 11 is 12.0. The topological polar surface area (TPSA) is 80.2 Å². The summed E-state index contributed by atoms with van der Waals surface area (Å²) in [5.74, 6) is 1.35. The van der Waals surface area contributed by atoms with Crippen molar-refractivity contribution in [3.63, 3.8) is 0 Å². The molecule has 0 atom stereocenters. The Bertz CT molecular complexity index is 836. The number of aromatic nitrogens is 2. The fourth-order valence-electron chi connectivity index (χ4n) is 2.80. The summed E-state index contributed by atoms with van der Waals surface area (Å²) in [4.78, 5) is 12.9. The predicted octanol–water partition coefficient (Wildman–Crippen LogP) is 3.69. The number of aryl methyl sites for hydroxylation is 1. The Hall–Kier alpha value is -2.09. The van der Waals surface area contributed by atoms with Crippen molar-refractivity contribution in [3.8, 4) is 0 Å². The fraction of sp³-hybridized carbons (Fsp3) is 0.389. The number of hydrogen-bond donors (Lipinski definition) is 3. The lowest BCUT2D eigenvalue weighted by Crippen LogP contribution is -2.54. The minimum atomic E-state index is 0.130. The van der Waals surface area contributed by atoms with Gasteiger partial charge >= 0.3 is 0 Å². The Kier molecular flexibility index (Phi) is 6.04. The molecule has 2 heterocycles. The average Bonchev–Trinajstić information content (AvgIpc) is 2.59. The van der Waals surface area contributed by atoms with Gasteiger partial charge in [-0.1, -0.05) is 30.1 Å². The van der Waals surface area contributed by atoms with Gasteiger partial charge < -0.3 is 10.6 Å². The number of halogens is 2. The molecule has 1 saturated heterocycles. The monoisotopic (exact) mass is 407 g/mol. The third kappa shape index (κ3) is 4.80. The first-order chi connectivity index (χ1) is 12.9. The third-order valence-electron chi connectivity index (χ3n) is 4.42. The molecule has 2 aromatic rings. The van der Waals surface area contributed by atoms with E-state index in [1.165, 1.54) is 0 Å². The Balaban J connectivity index is 1.68. The van der Waals surface area contributed by atoms with E-state index in [4.69, 9.17) is 28.6 Å². The van der Waals surface area contributed by atoms with E-state index in [-0.39, 0.29) is 5.96 Å². The van der Waals surface area contributed by atoms with Gasteiger partial charge in [0.1, 0.15) is 5.82 Å². The highest BCUT2D eigenvalue weighted by Gasteiger charge is 2.25. The molecular weight excluding hydrogens is 385 g/mol. The first-order valence-electron chi connectivity index (χ1n) is 8.74. The second kappa shape index (κ2) is 8.29. The highest BCUT2D eigenvalue weighted by molar-refractivity contribution is 6.42. The number of likely N-dealkylation sites (tertiary alicyclic amines) is 1. The summed E-state index contributed by atoms with van der Waals surface area (Å²) in [6, 6.07) is 7.43. The van der Waals surface area contributed by atoms with Crippen molar-refractivity contribution >= 4 is 46.6 Å². The molecule has 3 N–H and O–H groups in total. The molecule has 1 aromatic heterocycles. The van der Waals surface area contributed by atoms with Crippen LogP contribution in [-0.2, 0) is 0 Å². The number of nitrogens with one attached hydrogen (secondary N) is 3. The Morgan fingerprint density at radius 1 is 1.26 bits per heavy atom. The highest BCUT2D eigenvalue weighted by atomic mass is 35.5. The van der Waals surface area contributed by atoms with E-state index in [1.54, 1.807) is 30.1 Å². The van der Waals surface area contributed by atoms with Crippen LogP contribution in [0.25, 0.3) is 0 Å². The molecule has 3 rings (SSSR count). The SMILES string of the molecule is CCN1CC(Nc2cc(C)nc(N(C)C(=N)Nc3ccc(Cl)c(Cl)c3)n2)C1. The fourth-order valence-corrected chi connectivity index (χ4v) is 3.10. The van der Waals surface area contributed by atoms with Gasteiger partial charge in [0.25, 0.3) is 0 Å². The maximum absolute atomic E-state index is 8.31. The lowest BCUT2D eigenvalue weighted by molar-refractivity contribution is 0.171. The summed E-state index contributed by atoms with van der Waals surface area (Å²) in [7, 11) is 1.74. The van der Waals surface area contributed by atoms with Gasteiger partial charge in [-0.25, -0.2) is 4.98 Å². The van der Waals surface area contributed by atoms with Crippen molar-refractivity contribution in [2.24, 2.45) is 0 Å². The van der Waals surface area contributed by atoms with Gasteiger partial charge in [0.15, 0.2) is 0 Å². The molecule has 0 saturated carbocycles. The molecule has 9 heteroatoms. The number of guanidine groups is 1. The van der Waals surface area contributed by atoms with E-state index in [9.17, 15) is 0 Å². The van der Waals surface area contributed by atoms with Gasteiger partial charge in [-0.05, 0) is 31.7 Å². The van der Waals surface area contributed by atoms with E-state index in [0.29, 0.717) is 27.7 Å². The van der Waals surface area contributed by atoms with Crippen LogP contribution in [0.2, 0.25) is 10.0 Å². The molecule has 1 fully saturated rings. The number of hydrogen-bond acceptors (Lipinski definition) is 5. The predicted molar refractivity (Wildman–Crippen MR) is 113 cm³/mol. The van der Waals surface area contributed by atoms with Crippen LogP contribution in [0.1, 0.15) is 12.6 Å². The van der Waals surface area contributed by atoms with Gasteiger partial charge in [-0.3, -0.25) is 15.2 Å². The number of benzene rings is 1. The standard InChI is InChI=1S/C18H23Cl2N7/c1-4-27-9-13(10-27)23-16-7-11(2)22-18(25-16)26(3)17(21)24-12-5-6-14(19)15(20)8-12/h5-8,13H,4,9-10H2,1-3H3,(H2,21,24)(H,22,23,25). The number of likely N-dealkylation sites (N-methyl/N-ethyl adjacent to an activating group) is 1. The summed E-state index contributed by atoms with van der Waals surface area (Å²) in [6.45, 7) is 7.16. The van der Waals surface area contributed by atoms with Gasteiger partial charge in [0, 0.05) is 37.6 Å². The molecule has 1 aliphatic rings. The van der Waals surface area contributed by atoms with E-state index in [0.717, 1.165) is 31.1 Å². The molecule has 1 aliphatic heterocycles. The van der Waals surface area contributed by atoms with Crippen molar-refractivity contribution in [1.82, 2.24) is 14.9 Å². The van der Waals surface area contributed by atoms with Gasteiger partial charge in [-0.2, -0.15) is 4.98 Å². The van der Waals surface area contributed by atoms with Gasteiger partial charge in [-0.15, -0.1) is 0 Å². The van der Waals surface area contributed by atoms with Gasteiger partial charge in [0.2, 0.25) is 11.9 Å². The van der Waals surface area contributed by atoms with Gasteiger partial charge in [0.05, 0.1) is 16.1 Å². The van der Waals surface area contributed by atoms with E-state index >= 15 is 0 Å². The largest absolute Gasteiger partial charge is 0.365 e. The lowest BCUT2D eigenvalue weighted by Gasteiger charge is -2.39. The van der Waals surface area contributed by atoms with Crippen LogP contribution in [0.5, 0.6) is 0 Å². The summed E-state index contributed by atoms with van der Waals surface area (Å²) in [5.41, 5.74) is 1.50. The van der Waals surface area contributed by atoms with Crippen LogP contribution in [0, 0.1) is 12.3 Å². The molecule has 144 valence electrons. The normalized spacial score (nSPS) is 14.6. The number of anilines is 3. The van der Waals surface area contributed by atoms with Crippen LogP contribution in [0.4, 0.5) is 17.5 Å². The van der Waals surface area contributed by atoms with Crippen LogP contribution in [0.3, 0.4) is 0 Å². The molecule has 0 spiro atoms. The molecule has 0 aliphatic carbocycles. The summed E-state index contributed by atoms with van der Waals surface area (Å²) in [5, 5.41) is 15.6. The Morgan fingerprint density at radius 3 is 2.67 bits per heavy atom. The zero-order valence-electron chi connectivity index (χ0n) is 15.6. The molecule has 0 radical (unpaired) electrons. The minimum absolute atomic E-state index is 0.130. The number of nitrogens with zero attached hydrogens (tertiary/aromatic N) is 4. The first-order valence-corrected chi connectivity index (χ1v) is 9.50. The minimum Gasteiger partial charge on any atom is -0.365 e. The molecule has 27 heavy (non-hydrogen) atoms. The zero-order chi connectivity index (χ0) is 19.6. The van der Waals surface area contributed by atoms with Crippen molar-refractivity contribution in [2.75, 3.05) is 42.2 Å². The molecule has 0 amide bonds. The van der Waals surface area contributed by atoms with Crippen LogP contribution < -0.4 is 15.5 Å². The number of rotatable bonds is 5. The zero-order valence-corrected chi connectivity index (χ0v) is 17.1. The van der Waals surface area contributed by atoms with Crippen LogP contribution in [0.15, 0.2) is 24.3 Å². The van der Waals surface area contributed by atoms with Crippen molar-refractivity contribution in [2.45, 2.75) is 19.9 Å². The summed E-state index contributed by atoms with van der Waals surface area (Å²) < 4.78 is 0. The molecule has 0 bridgehead atoms. The lowest BCUT2D eigenvalue weighted by atomic mass is 10.1. The van der Waals surface area contributed by atoms with E-state index in [1.807, 2.05) is 13.0 Å². The van der Waals surface area contributed by atoms with E-state index in [2.05, 4.69) is 32.4 Å². The third-order valence-corrected chi connectivity index (χ3v) is 5.16.